The van der Waals surface area contributed by atoms with Crippen LogP contribution in [0.1, 0.15) is 13.3 Å². The third-order valence-electron chi connectivity index (χ3n) is 5.62. The molecule has 1 amide bonds. The summed E-state index contributed by atoms with van der Waals surface area (Å²) in [6.45, 7) is 4.74. The highest BCUT2D eigenvalue weighted by molar-refractivity contribution is 5.94. The highest BCUT2D eigenvalue weighted by atomic mass is 16.2. The van der Waals surface area contributed by atoms with E-state index >= 15 is 0 Å². The normalized spacial score (nSPS) is 33.3. The lowest BCUT2D eigenvalue weighted by Crippen LogP contribution is -2.60. The summed E-state index contributed by atoms with van der Waals surface area (Å²) in [6, 6.07) is 0.575. The van der Waals surface area contributed by atoms with E-state index in [1.54, 1.807) is 0 Å². The summed E-state index contributed by atoms with van der Waals surface area (Å²) < 4.78 is 0. The fourth-order valence-electron chi connectivity index (χ4n) is 4.04. The number of fused-ring (bicyclic) bond motifs is 1. The van der Waals surface area contributed by atoms with Crippen molar-refractivity contribution in [2.24, 2.45) is 0 Å². The number of amides is 1. The van der Waals surface area contributed by atoms with Crippen LogP contribution in [0, 0.1) is 0 Å². The molecule has 0 aliphatic carbocycles. The SMILES string of the molecule is CC1=C(C(=O)NC2NC=CCN2)N2NC(N3CC[C@H](N(C)C)C3)C=CC2N1. The van der Waals surface area contributed by atoms with Gasteiger partial charge in [-0.2, -0.15) is 0 Å². The summed E-state index contributed by atoms with van der Waals surface area (Å²) in [6.07, 6.45) is 9.09. The standard InChI is InChI=1S/C18H30N8O/c1-12-16(17(27)22-18-19-8-4-9-20-18)26-14(21-12)5-6-15(23-26)25-10-7-13(11-25)24(2)3/h4-6,8,13-15,18-21,23H,7,9-11H2,1-3H3,(H,22,27)/t13-,14?,15?,18?/m0/s1. The maximum Gasteiger partial charge on any atom is 0.273 e. The van der Waals surface area contributed by atoms with Crippen molar-refractivity contribution in [1.29, 1.82) is 0 Å². The van der Waals surface area contributed by atoms with Gasteiger partial charge in [-0.3, -0.25) is 20.0 Å². The Kier molecular flexibility index (Phi) is 5.09. The van der Waals surface area contributed by atoms with Crippen LogP contribution in [0.4, 0.5) is 0 Å². The lowest BCUT2D eigenvalue weighted by molar-refractivity contribution is -0.120. The molecule has 0 bridgehead atoms. The summed E-state index contributed by atoms with van der Waals surface area (Å²) in [4.78, 5) is 17.6. The molecule has 4 aliphatic rings. The number of likely N-dealkylation sites (tertiary alicyclic amines) is 1. The van der Waals surface area contributed by atoms with Crippen LogP contribution in [-0.4, -0.2) is 79.1 Å². The molecule has 4 aliphatic heterocycles. The molecule has 1 saturated heterocycles. The predicted octanol–water partition coefficient (Wildman–Crippen LogP) is -1.41. The number of rotatable bonds is 4. The largest absolute Gasteiger partial charge is 0.363 e. The number of carbonyl (C=O) groups excluding carboxylic acids is 1. The highest BCUT2D eigenvalue weighted by Gasteiger charge is 2.39. The van der Waals surface area contributed by atoms with Gasteiger partial charge in [0.15, 0.2) is 6.29 Å². The van der Waals surface area contributed by atoms with Crippen LogP contribution in [0.2, 0.25) is 0 Å². The maximum absolute atomic E-state index is 12.9. The Bertz CT molecular complexity index is 672. The van der Waals surface area contributed by atoms with Crippen LogP contribution in [0.5, 0.6) is 0 Å². The summed E-state index contributed by atoms with van der Waals surface area (Å²) in [5.74, 6) is -0.114. The van der Waals surface area contributed by atoms with E-state index in [2.05, 4.69) is 62.7 Å². The molecule has 4 atom stereocenters. The molecule has 0 aromatic carbocycles. The molecule has 0 spiro atoms. The van der Waals surface area contributed by atoms with Crippen molar-refractivity contribution < 1.29 is 4.79 Å². The Morgan fingerprint density at radius 2 is 2.11 bits per heavy atom. The number of carbonyl (C=O) groups is 1. The first-order valence-electron chi connectivity index (χ1n) is 9.60. The fourth-order valence-corrected chi connectivity index (χ4v) is 4.04. The van der Waals surface area contributed by atoms with Crippen molar-refractivity contribution in [2.75, 3.05) is 33.7 Å². The van der Waals surface area contributed by atoms with Crippen molar-refractivity contribution >= 4 is 5.91 Å². The van der Waals surface area contributed by atoms with E-state index in [1.807, 2.05) is 24.2 Å². The zero-order valence-corrected chi connectivity index (χ0v) is 16.2. The van der Waals surface area contributed by atoms with Crippen molar-refractivity contribution in [3.05, 3.63) is 35.8 Å². The van der Waals surface area contributed by atoms with E-state index in [0.29, 0.717) is 11.7 Å². The maximum atomic E-state index is 12.9. The minimum atomic E-state index is -0.266. The molecule has 9 nitrogen and oxygen atoms in total. The summed E-state index contributed by atoms with van der Waals surface area (Å²) in [5.41, 5.74) is 5.04. The van der Waals surface area contributed by atoms with Gasteiger partial charge in [0, 0.05) is 31.4 Å². The molecule has 4 rings (SSSR count). The van der Waals surface area contributed by atoms with Gasteiger partial charge in [-0.15, -0.1) is 0 Å². The molecular weight excluding hydrogens is 344 g/mol. The first-order valence-corrected chi connectivity index (χ1v) is 9.60. The van der Waals surface area contributed by atoms with E-state index < -0.39 is 0 Å². The number of allylic oxidation sites excluding steroid dienone is 1. The van der Waals surface area contributed by atoms with Gasteiger partial charge in [0.05, 0.1) is 6.17 Å². The molecule has 0 saturated carbocycles. The smallest absolute Gasteiger partial charge is 0.273 e. The lowest BCUT2D eigenvalue weighted by Gasteiger charge is -2.38. The van der Waals surface area contributed by atoms with Gasteiger partial charge in [0.25, 0.3) is 5.91 Å². The van der Waals surface area contributed by atoms with Crippen molar-refractivity contribution in [2.45, 2.75) is 38.0 Å². The number of hydrazine groups is 1. The molecule has 0 aromatic rings. The molecule has 9 heteroatoms. The molecule has 4 heterocycles. The first-order chi connectivity index (χ1) is 13.0. The molecule has 1 fully saturated rings. The quantitative estimate of drug-likeness (QED) is 0.384. The third-order valence-corrected chi connectivity index (χ3v) is 5.62. The van der Waals surface area contributed by atoms with Crippen molar-refractivity contribution in [3.8, 4) is 0 Å². The van der Waals surface area contributed by atoms with Crippen molar-refractivity contribution in [3.63, 3.8) is 0 Å². The third kappa shape index (κ3) is 3.68. The average molecular weight is 374 g/mol. The average Bonchev–Trinajstić information content (AvgIpc) is 3.26. The molecule has 0 radical (unpaired) electrons. The summed E-state index contributed by atoms with van der Waals surface area (Å²) in [5, 5.41) is 14.6. The Hall–Kier alpha value is -2.07. The molecule has 27 heavy (non-hydrogen) atoms. The zero-order chi connectivity index (χ0) is 19.0. The van der Waals surface area contributed by atoms with Crippen molar-refractivity contribution in [1.82, 2.24) is 41.5 Å². The second-order valence-corrected chi connectivity index (χ2v) is 7.68. The van der Waals surface area contributed by atoms with Gasteiger partial charge < -0.3 is 20.9 Å². The second-order valence-electron chi connectivity index (χ2n) is 7.68. The minimum absolute atomic E-state index is 0.0404. The molecule has 3 unspecified atom stereocenters. The van der Waals surface area contributed by atoms with E-state index in [1.165, 1.54) is 0 Å². The van der Waals surface area contributed by atoms with Gasteiger partial charge in [-0.1, -0.05) is 12.2 Å². The van der Waals surface area contributed by atoms with Gasteiger partial charge in [0.2, 0.25) is 0 Å². The minimum Gasteiger partial charge on any atom is -0.363 e. The number of hydrogen-bond acceptors (Lipinski definition) is 8. The van der Waals surface area contributed by atoms with Gasteiger partial charge in [0.1, 0.15) is 11.9 Å². The van der Waals surface area contributed by atoms with Crippen LogP contribution in [-0.2, 0) is 4.79 Å². The van der Waals surface area contributed by atoms with Gasteiger partial charge in [-0.25, -0.2) is 5.43 Å². The molecule has 0 aromatic heterocycles. The number of hydrogen-bond donors (Lipinski definition) is 5. The first kappa shape index (κ1) is 18.3. The number of likely N-dealkylation sites (N-methyl/N-ethyl adjacent to an activating group) is 1. The Balaban J connectivity index is 1.43. The second kappa shape index (κ2) is 7.51. The van der Waals surface area contributed by atoms with E-state index in [9.17, 15) is 4.79 Å². The van der Waals surface area contributed by atoms with Gasteiger partial charge in [-0.05, 0) is 39.7 Å². The predicted molar refractivity (Wildman–Crippen MR) is 103 cm³/mol. The Labute approximate surface area is 160 Å². The molecule has 5 N–H and O–H groups in total. The zero-order valence-electron chi connectivity index (χ0n) is 16.2. The van der Waals surface area contributed by atoms with E-state index in [-0.39, 0.29) is 24.5 Å². The van der Waals surface area contributed by atoms with E-state index in [0.717, 1.165) is 31.8 Å². The van der Waals surface area contributed by atoms with Crippen LogP contribution >= 0.6 is 0 Å². The molecular formula is C18H30N8O. The van der Waals surface area contributed by atoms with Crippen LogP contribution < -0.4 is 26.7 Å². The monoisotopic (exact) mass is 374 g/mol. The number of nitrogens with zero attached hydrogens (tertiary/aromatic N) is 3. The van der Waals surface area contributed by atoms with E-state index in [4.69, 9.17) is 0 Å². The summed E-state index contributed by atoms with van der Waals surface area (Å²) in [7, 11) is 4.27. The number of nitrogens with one attached hydrogen (secondary N) is 5. The molecule has 148 valence electrons. The summed E-state index contributed by atoms with van der Waals surface area (Å²) >= 11 is 0. The van der Waals surface area contributed by atoms with Crippen LogP contribution in [0.25, 0.3) is 0 Å². The fraction of sp³-hybridized carbons (Fsp3) is 0.611. The Morgan fingerprint density at radius 3 is 2.81 bits per heavy atom. The van der Waals surface area contributed by atoms with Crippen LogP contribution in [0.3, 0.4) is 0 Å². The highest BCUT2D eigenvalue weighted by Crippen LogP contribution is 2.25. The van der Waals surface area contributed by atoms with Gasteiger partial charge >= 0.3 is 0 Å². The van der Waals surface area contributed by atoms with Crippen LogP contribution in [0.15, 0.2) is 35.8 Å². The Morgan fingerprint density at radius 1 is 1.30 bits per heavy atom. The topological polar surface area (TPSA) is 86.9 Å². The lowest BCUT2D eigenvalue weighted by atomic mass is 10.2.